The number of fused-ring (bicyclic) bond motifs is 1. The van der Waals surface area contributed by atoms with Crippen molar-refractivity contribution < 1.29 is 18.7 Å². The van der Waals surface area contributed by atoms with Gasteiger partial charge in [0.15, 0.2) is 10.5 Å². The number of hydrogen-bond acceptors (Lipinski definition) is 5. The van der Waals surface area contributed by atoms with Crippen LogP contribution < -0.4 is 10.7 Å². The minimum atomic E-state index is -1.03. The molecule has 3 rings (SSSR count). The summed E-state index contributed by atoms with van der Waals surface area (Å²) in [5, 5.41) is 13.1. The van der Waals surface area contributed by atoms with E-state index in [0.29, 0.717) is 40.5 Å². The van der Waals surface area contributed by atoms with Crippen LogP contribution in [0.3, 0.4) is 0 Å². The second kappa shape index (κ2) is 8.48. The molecule has 5 nitrogen and oxygen atoms in total. The highest BCUT2D eigenvalue weighted by Gasteiger charge is 2.16. The van der Waals surface area contributed by atoms with Gasteiger partial charge in [-0.2, -0.15) is 0 Å². The van der Waals surface area contributed by atoms with Gasteiger partial charge >= 0.3 is 5.97 Å². The molecule has 0 spiro atoms. The molecule has 0 saturated carbocycles. The monoisotopic (exact) mass is 401 g/mol. The number of benzene rings is 2. The molecule has 1 aromatic heterocycles. The van der Waals surface area contributed by atoms with Gasteiger partial charge in [0, 0.05) is 23.4 Å². The van der Waals surface area contributed by atoms with Crippen LogP contribution in [0.15, 0.2) is 50.7 Å². The molecule has 0 amide bonds. The summed E-state index contributed by atoms with van der Waals surface area (Å²) in [6, 6.07) is 9.13. The summed E-state index contributed by atoms with van der Waals surface area (Å²) < 4.78 is 20.0. The van der Waals surface area contributed by atoms with Crippen LogP contribution >= 0.6 is 11.8 Å². The van der Waals surface area contributed by atoms with Gasteiger partial charge in [0.05, 0.1) is 10.9 Å². The smallest absolute Gasteiger partial charge is 0.337 e. The van der Waals surface area contributed by atoms with Crippen LogP contribution in [0.4, 0.5) is 10.1 Å². The van der Waals surface area contributed by atoms with Crippen LogP contribution in [-0.4, -0.2) is 23.4 Å². The molecule has 0 unspecified atom stereocenters. The maximum Gasteiger partial charge on any atom is 0.337 e. The van der Waals surface area contributed by atoms with E-state index in [-0.39, 0.29) is 16.4 Å². The van der Waals surface area contributed by atoms with Crippen molar-refractivity contribution in [2.45, 2.75) is 25.4 Å². The van der Waals surface area contributed by atoms with Crippen LogP contribution in [0.1, 0.15) is 28.4 Å². The molecule has 0 fully saturated rings. The lowest BCUT2D eigenvalue weighted by molar-refractivity contribution is 0.0698. The summed E-state index contributed by atoms with van der Waals surface area (Å²) in [7, 11) is 0. The Balaban J connectivity index is 1.93. The van der Waals surface area contributed by atoms with Crippen molar-refractivity contribution in [2.75, 3.05) is 17.6 Å². The van der Waals surface area contributed by atoms with Crippen molar-refractivity contribution in [3.8, 4) is 0 Å². The van der Waals surface area contributed by atoms with E-state index >= 15 is 0 Å². The molecule has 0 aliphatic heterocycles. The van der Waals surface area contributed by atoms with Gasteiger partial charge in [0.25, 0.3) is 0 Å². The van der Waals surface area contributed by atoms with Crippen LogP contribution in [0, 0.1) is 12.7 Å². The number of anilines is 1. The summed E-state index contributed by atoms with van der Waals surface area (Å²) in [5.41, 5.74) is 1.82. The van der Waals surface area contributed by atoms with E-state index in [1.54, 1.807) is 25.1 Å². The Morgan fingerprint density at radius 2 is 2.04 bits per heavy atom. The molecule has 0 atom stereocenters. The number of carbonyl (C=O) groups is 1. The molecule has 7 heteroatoms. The lowest BCUT2D eigenvalue weighted by Crippen LogP contribution is -2.12. The summed E-state index contributed by atoms with van der Waals surface area (Å²) in [6.07, 6.45) is 0.366. The van der Waals surface area contributed by atoms with E-state index in [1.807, 2.05) is 6.92 Å². The van der Waals surface area contributed by atoms with Crippen LogP contribution in [0.2, 0.25) is 0 Å². The molecular weight excluding hydrogens is 381 g/mol. The average molecular weight is 401 g/mol. The molecule has 0 bridgehead atoms. The first-order chi connectivity index (χ1) is 13.4. The van der Waals surface area contributed by atoms with Crippen molar-refractivity contribution in [1.82, 2.24) is 0 Å². The quantitative estimate of drug-likeness (QED) is 0.559. The molecule has 0 saturated heterocycles. The number of hydrogen-bond donors (Lipinski definition) is 2. The van der Waals surface area contributed by atoms with Gasteiger partial charge in [0.2, 0.25) is 0 Å². The zero-order chi connectivity index (χ0) is 20.3. The van der Waals surface area contributed by atoms with Gasteiger partial charge < -0.3 is 14.8 Å². The number of rotatable bonds is 7. The van der Waals surface area contributed by atoms with Crippen molar-refractivity contribution in [1.29, 1.82) is 0 Å². The average Bonchev–Trinajstić information content (AvgIpc) is 2.67. The van der Waals surface area contributed by atoms with Crippen LogP contribution in [0.5, 0.6) is 0 Å². The standard InChI is InChI=1S/C21H20FNO4S/c1-3-28-21-12(2)18(24)16-11-14(22)10-13(19(16)27-21)8-9-23-17-7-5-4-6-15(17)20(25)26/h4-7,10-11,23H,3,8-9H2,1-2H3,(H,25,26). The van der Waals surface area contributed by atoms with E-state index < -0.39 is 11.8 Å². The summed E-state index contributed by atoms with van der Waals surface area (Å²) in [4.78, 5) is 23.9. The fourth-order valence-electron chi connectivity index (χ4n) is 3.01. The van der Waals surface area contributed by atoms with Crippen LogP contribution in [0.25, 0.3) is 11.0 Å². The number of carboxylic acids is 1. The highest BCUT2D eigenvalue weighted by molar-refractivity contribution is 7.99. The number of thioether (sulfide) groups is 1. The molecule has 2 N–H and O–H groups in total. The number of para-hydroxylation sites is 1. The zero-order valence-electron chi connectivity index (χ0n) is 15.5. The second-order valence-corrected chi connectivity index (χ2v) is 7.48. The third-order valence-electron chi connectivity index (χ3n) is 4.36. The summed E-state index contributed by atoms with van der Waals surface area (Å²) in [6.45, 7) is 4.00. The van der Waals surface area contributed by atoms with Crippen LogP contribution in [-0.2, 0) is 6.42 Å². The number of halogens is 1. The number of carboxylic acid groups (broad SMARTS) is 1. The molecule has 2 aromatic carbocycles. The van der Waals surface area contributed by atoms with Gasteiger partial charge in [-0.1, -0.05) is 30.8 Å². The number of nitrogens with one attached hydrogen (secondary N) is 1. The molecule has 0 aliphatic carbocycles. The number of aromatic carboxylic acids is 1. The Bertz CT molecular complexity index is 1090. The fraction of sp³-hybridized carbons (Fsp3) is 0.238. The van der Waals surface area contributed by atoms with Crippen molar-refractivity contribution >= 4 is 34.4 Å². The van der Waals surface area contributed by atoms with Crippen molar-refractivity contribution in [2.24, 2.45) is 0 Å². The second-order valence-electron chi connectivity index (χ2n) is 6.25. The molecular formula is C21H20FNO4S. The summed E-state index contributed by atoms with van der Waals surface area (Å²) in [5.74, 6) is -0.780. The molecule has 1 heterocycles. The van der Waals surface area contributed by atoms with Gasteiger partial charge in [-0.25, -0.2) is 9.18 Å². The van der Waals surface area contributed by atoms with Gasteiger partial charge in [0.1, 0.15) is 11.4 Å². The SMILES string of the molecule is CCSc1oc2c(CCNc3ccccc3C(=O)O)cc(F)cc2c(=O)c1C. The Morgan fingerprint density at radius 3 is 2.75 bits per heavy atom. The highest BCUT2D eigenvalue weighted by Crippen LogP contribution is 2.27. The third kappa shape index (κ3) is 4.04. The van der Waals surface area contributed by atoms with E-state index in [9.17, 15) is 19.1 Å². The van der Waals surface area contributed by atoms with E-state index in [2.05, 4.69) is 5.32 Å². The molecule has 0 radical (unpaired) electrons. The Hall–Kier alpha value is -2.80. The maximum absolute atomic E-state index is 14.1. The predicted octanol–water partition coefficient (Wildman–Crippen LogP) is 4.71. The molecule has 146 valence electrons. The Morgan fingerprint density at radius 1 is 1.29 bits per heavy atom. The van der Waals surface area contributed by atoms with Crippen molar-refractivity contribution in [3.63, 3.8) is 0 Å². The molecule has 3 aromatic rings. The van der Waals surface area contributed by atoms with Gasteiger partial charge in [-0.05, 0) is 43.4 Å². The third-order valence-corrected chi connectivity index (χ3v) is 5.30. The molecule has 0 aliphatic rings. The lowest BCUT2D eigenvalue weighted by atomic mass is 10.1. The Kier molecular flexibility index (Phi) is 6.04. The normalized spacial score (nSPS) is 11.0. The first-order valence-electron chi connectivity index (χ1n) is 8.87. The minimum Gasteiger partial charge on any atom is -0.478 e. The van der Waals surface area contributed by atoms with Crippen molar-refractivity contribution in [3.05, 3.63) is 69.1 Å². The highest BCUT2D eigenvalue weighted by atomic mass is 32.2. The lowest BCUT2D eigenvalue weighted by Gasteiger charge is -2.12. The fourth-order valence-corrected chi connectivity index (χ4v) is 3.73. The topological polar surface area (TPSA) is 79.5 Å². The summed E-state index contributed by atoms with van der Waals surface area (Å²) >= 11 is 1.43. The molecule has 28 heavy (non-hydrogen) atoms. The van der Waals surface area contributed by atoms with E-state index in [0.717, 1.165) is 5.75 Å². The van der Waals surface area contributed by atoms with E-state index in [4.69, 9.17) is 4.42 Å². The minimum absolute atomic E-state index is 0.162. The maximum atomic E-state index is 14.1. The first kappa shape index (κ1) is 19.9. The van der Waals surface area contributed by atoms with E-state index in [1.165, 1.54) is 30.0 Å². The predicted molar refractivity (Wildman–Crippen MR) is 109 cm³/mol. The van der Waals surface area contributed by atoms with Gasteiger partial charge in [-0.15, -0.1) is 0 Å². The Labute approximate surface area is 165 Å². The zero-order valence-corrected chi connectivity index (χ0v) is 16.4. The largest absolute Gasteiger partial charge is 0.478 e. The first-order valence-corrected chi connectivity index (χ1v) is 9.85. The van der Waals surface area contributed by atoms with Gasteiger partial charge in [-0.3, -0.25) is 4.79 Å².